The molecule has 4 heterocycles. The summed E-state index contributed by atoms with van der Waals surface area (Å²) < 4.78 is 26.8. The second-order valence-electron chi connectivity index (χ2n) is 8.83. The molecule has 0 aliphatic carbocycles. The lowest BCUT2D eigenvalue weighted by Crippen LogP contribution is -2.48. The number of carbonyl (C=O) groups is 1. The lowest BCUT2D eigenvalue weighted by Gasteiger charge is -2.36. The smallest absolute Gasteiger partial charge is 0.259 e. The van der Waals surface area contributed by atoms with E-state index in [-0.39, 0.29) is 18.5 Å². The number of nitrogens with two attached hydrogens (primary N) is 2. The van der Waals surface area contributed by atoms with Gasteiger partial charge in [0.15, 0.2) is 12.4 Å². The molecular weight excluding hydrogens is 509 g/mol. The first kappa shape index (κ1) is 26.1. The first-order valence-corrected chi connectivity index (χ1v) is 12.5. The topological polar surface area (TPSA) is 178 Å². The number of hydrogen-bond donors (Lipinski definition) is 4. The standard InChI is InChI=1S/C24H30FN11O3/c25-17-14-16(39-15-20(37)28-6-5-26)3-4-18(17)35-11-9-34(10-12-35)8-7-29-23-31-22(27)36-24(32-23)30-21(33-36)19-2-1-13-38-19/h1-4,13-14H,5-12,15,26H2,(H,28,37)(H3,27,29,30,31,32,33). The molecule has 0 saturated carbocycles. The molecule has 15 heteroatoms. The Bertz CT molecular complexity index is 1400. The molecule has 4 aromatic rings. The molecule has 206 valence electrons. The number of fused-ring (bicyclic) bond motifs is 1. The molecule has 1 aromatic carbocycles. The van der Waals surface area contributed by atoms with Gasteiger partial charge in [0.25, 0.3) is 11.7 Å². The number of carbonyl (C=O) groups excluding carboxylic acids is 1. The van der Waals surface area contributed by atoms with Crippen molar-refractivity contribution in [1.82, 2.24) is 34.8 Å². The Morgan fingerprint density at radius 2 is 1.97 bits per heavy atom. The van der Waals surface area contributed by atoms with Gasteiger partial charge in [0.1, 0.15) is 11.6 Å². The average Bonchev–Trinajstić information content (AvgIpc) is 3.62. The monoisotopic (exact) mass is 539 g/mol. The largest absolute Gasteiger partial charge is 0.484 e. The predicted molar refractivity (Wildman–Crippen MR) is 142 cm³/mol. The van der Waals surface area contributed by atoms with Gasteiger partial charge in [-0.15, -0.1) is 5.10 Å². The Hall–Kier alpha value is -4.50. The molecule has 14 nitrogen and oxygen atoms in total. The molecule has 39 heavy (non-hydrogen) atoms. The van der Waals surface area contributed by atoms with E-state index < -0.39 is 5.82 Å². The number of nitrogen functional groups attached to an aromatic ring is 1. The van der Waals surface area contributed by atoms with Crippen molar-refractivity contribution in [2.75, 3.05) is 74.9 Å². The fourth-order valence-corrected chi connectivity index (χ4v) is 4.18. The van der Waals surface area contributed by atoms with E-state index >= 15 is 0 Å². The number of nitrogens with zero attached hydrogens (tertiary/aromatic N) is 7. The molecule has 5 rings (SSSR count). The zero-order chi connectivity index (χ0) is 27.2. The van der Waals surface area contributed by atoms with Crippen LogP contribution in [-0.4, -0.2) is 94.3 Å². The van der Waals surface area contributed by atoms with Crippen LogP contribution in [0.2, 0.25) is 0 Å². The van der Waals surface area contributed by atoms with Gasteiger partial charge in [0.2, 0.25) is 17.7 Å². The van der Waals surface area contributed by atoms with Gasteiger partial charge in [0.05, 0.1) is 12.0 Å². The summed E-state index contributed by atoms with van der Waals surface area (Å²) in [6.07, 6.45) is 1.54. The van der Waals surface area contributed by atoms with Gasteiger partial charge < -0.3 is 36.2 Å². The van der Waals surface area contributed by atoms with Crippen LogP contribution in [0.4, 0.5) is 22.0 Å². The summed E-state index contributed by atoms with van der Waals surface area (Å²) in [5, 5.41) is 10.1. The molecule has 3 aromatic heterocycles. The summed E-state index contributed by atoms with van der Waals surface area (Å²) in [5.41, 5.74) is 11.9. The van der Waals surface area contributed by atoms with Crippen LogP contribution in [0.3, 0.4) is 0 Å². The van der Waals surface area contributed by atoms with E-state index in [1.807, 2.05) is 4.90 Å². The second-order valence-corrected chi connectivity index (χ2v) is 8.83. The van der Waals surface area contributed by atoms with Crippen LogP contribution in [0.25, 0.3) is 17.4 Å². The molecule has 1 fully saturated rings. The lowest BCUT2D eigenvalue weighted by atomic mass is 10.2. The summed E-state index contributed by atoms with van der Waals surface area (Å²) in [4.78, 5) is 28.9. The number of hydrogen-bond acceptors (Lipinski definition) is 12. The van der Waals surface area contributed by atoms with Crippen molar-refractivity contribution in [2.24, 2.45) is 5.73 Å². The third kappa shape index (κ3) is 6.32. The van der Waals surface area contributed by atoms with Gasteiger partial charge in [-0.3, -0.25) is 9.69 Å². The van der Waals surface area contributed by atoms with Crippen LogP contribution in [0.5, 0.6) is 5.75 Å². The lowest BCUT2D eigenvalue weighted by molar-refractivity contribution is -0.123. The summed E-state index contributed by atoms with van der Waals surface area (Å²) in [6.45, 7) is 4.72. The maximum atomic E-state index is 14.8. The molecule has 1 aliphatic rings. The highest BCUT2D eigenvalue weighted by Gasteiger charge is 2.20. The van der Waals surface area contributed by atoms with Gasteiger partial charge in [0, 0.05) is 58.4 Å². The zero-order valence-electron chi connectivity index (χ0n) is 21.2. The molecule has 1 aliphatic heterocycles. The summed E-state index contributed by atoms with van der Waals surface area (Å²) in [7, 11) is 0. The molecule has 0 radical (unpaired) electrons. The van der Waals surface area contributed by atoms with Gasteiger partial charge in [-0.1, -0.05) is 0 Å². The van der Waals surface area contributed by atoms with E-state index in [1.165, 1.54) is 10.6 Å². The fraction of sp³-hybridized carbons (Fsp3) is 0.375. The minimum atomic E-state index is -0.390. The van der Waals surface area contributed by atoms with E-state index in [1.54, 1.807) is 30.5 Å². The first-order chi connectivity index (χ1) is 19.0. The minimum absolute atomic E-state index is 0.162. The number of piperazine rings is 1. The summed E-state index contributed by atoms with van der Waals surface area (Å²) in [5.74, 6) is 1.34. The van der Waals surface area contributed by atoms with Crippen molar-refractivity contribution >= 4 is 29.3 Å². The quantitative estimate of drug-likeness (QED) is 0.204. The third-order valence-corrected chi connectivity index (χ3v) is 6.15. The van der Waals surface area contributed by atoms with E-state index in [9.17, 15) is 9.18 Å². The van der Waals surface area contributed by atoms with E-state index in [0.717, 1.165) is 19.6 Å². The van der Waals surface area contributed by atoms with Crippen LogP contribution < -0.4 is 31.7 Å². The minimum Gasteiger partial charge on any atom is -0.484 e. The van der Waals surface area contributed by atoms with Crippen LogP contribution in [0.1, 0.15) is 0 Å². The Kier molecular flexibility index (Phi) is 7.98. The number of furan rings is 1. The van der Waals surface area contributed by atoms with Gasteiger partial charge in [-0.2, -0.15) is 19.5 Å². The van der Waals surface area contributed by atoms with Crippen molar-refractivity contribution in [3.63, 3.8) is 0 Å². The number of halogens is 1. The molecule has 1 saturated heterocycles. The summed E-state index contributed by atoms with van der Waals surface area (Å²) >= 11 is 0. The van der Waals surface area contributed by atoms with Gasteiger partial charge in [-0.25, -0.2) is 4.39 Å². The van der Waals surface area contributed by atoms with Gasteiger partial charge >= 0.3 is 0 Å². The fourth-order valence-electron chi connectivity index (χ4n) is 4.18. The molecule has 0 bridgehead atoms. The number of anilines is 3. The number of amides is 1. The Balaban J connectivity index is 1.09. The zero-order valence-corrected chi connectivity index (χ0v) is 21.2. The highest BCUT2D eigenvalue weighted by Crippen LogP contribution is 2.25. The van der Waals surface area contributed by atoms with Crippen LogP contribution >= 0.6 is 0 Å². The van der Waals surface area contributed by atoms with Crippen molar-refractivity contribution in [1.29, 1.82) is 0 Å². The van der Waals surface area contributed by atoms with Crippen LogP contribution in [0.15, 0.2) is 41.0 Å². The highest BCUT2D eigenvalue weighted by molar-refractivity contribution is 5.77. The van der Waals surface area contributed by atoms with E-state index in [2.05, 4.69) is 35.6 Å². The van der Waals surface area contributed by atoms with Crippen molar-refractivity contribution in [3.8, 4) is 17.3 Å². The average molecular weight is 540 g/mol. The number of aromatic nitrogens is 5. The number of rotatable bonds is 11. The third-order valence-electron chi connectivity index (χ3n) is 6.15. The molecule has 0 atom stereocenters. The molecule has 0 unspecified atom stereocenters. The molecular formula is C24H30FN11O3. The van der Waals surface area contributed by atoms with E-state index in [4.69, 9.17) is 20.6 Å². The van der Waals surface area contributed by atoms with E-state index in [0.29, 0.717) is 67.5 Å². The Morgan fingerprint density at radius 3 is 2.72 bits per heavy atom. The normalized spacial score (nSPS) is 14.1. The second kappa shape index (κ2) is 11.9. The van der Waals surface area contributed by atoms with Crippen LogP contribution in [-0.2, 0) is 4.79 Å². The first-order valence-electron chi connectivity index (χ1n) is 12.5. The SMILES string of the molecule is NCCNC(=O)COc1ccc(N2CCN(CCNc3nc(N)n4nc(-c5ccco5)nc4n3)CC2)c(F)c1. The highest BCUT2D eigenvalue weighted by atomic mass is 19.1. The molecule has 6 N–H and O–H groups in total. The van der Waals surface area contributed by atoms with Gasteiger partial charge in [-0.05, 0) is 24.3 Å². The van der Waals surface area contributed by atoms with Crippen molar-refractivity contribution in [2.45, 2.75) is 0 Å². The van der Waals surface area contributed by atoms with Crippen molar-refractivity contribution in [3.05, 3.63) is 42.4 Å². The molecule has 0 spiro atoms. The number of ether oxygens (including phenoxy) is 1. The predicted octanol–water partition coefficient (Wildman–Crippen LogP) is 0.188. The molecule has 1 amide bonds. The Labute approximate surface area is 223 Å². The number of benzene rings is 1. The summed E-state index contributed by atoms with van der Waals surface area (Å²) in [6, 6.07) is 8.15. The number of nitrogens with one attached hydrogen (secondary N) is 2. The Morgan fingerprint density at radius 1 is 1.13 bits per heavy atom. The maximum Gasteiger partial charge on any atom is 0.259 e. The maximum absolute atomic E-state index is 14.8. The van der Waals surface area contributed by atoms with Crippen molar-refractivity contribution < 1.29 is 18.3 Å². The van der Waals surface area contributed by atoms with Crippen LogP contribution in [0, 0.1) is 5.82 Å².